The molecule has 0 aliphatic heterocycles. The quantitative estimate of drug-likeness (QED) is 0.763. The van der Waals surface area contributed by atoms with Crippen molar-refractivity contribution in [3.05, 3.63) is 35.4 Å². The van der Waals surface area contributed by atoms with Gasteiger partial charge in [0.25, 0.3) is 0 Å². The predicted molar refractivity (Wildman–Crippen MR) is 79.7 cm³/mol. The van der Waals surface area contributed by atoms with E-state index in [0.717, 1.165) is 24.4 Å². The molecule has 0 aromatic heterocycles. The van der Waals surface area contributed by atoms with Crippen molar-refractivity contribution in [2.24, 2.45) is 5.92 Å². The molecule has 0 bridgehead atoms. The molecule has 0 aliphatic rings. The van der Waals surface area contributed by atoms with Crippen LogP contribution < -0.4 is 0 Å². The van der Waals surface area contributed by atoms with Crippen molar-refractivity contribution in [1.29, 1.82) is 5.26 Å². The first-order valence-corrected chi connectivity index (χ1v) is 7.11. The van der Waals surface area contributed by atoms with Crippen molar-refractivity contribution >= 4 is 12.6 Å². The van der Waals surface area contributed by atoms with E-state index in [0.29, 0.717) is 5.92 Å². The minimum atomic E-state index is 0.655. The summed E-state index contributed by atoms with van der Waals surface area (Å²) in [4.78, 5) is 2.31. The monoisotopic (exact) mass is 262 g/mol. The van der Waals surface area contributed by atoms with Crippen LogP contribution in [0.5, 0.6) is 0 Å². The molecule has 1 atom stereocenters. The van der Waals surface area contributed by atoms with Crippen LogP contribution in [0.3, 0.4) is 0 Å². The van der Waals surface area contributed by atoms with Crippen molar-refractivity contribution in [2.75, 3.05) is 19.3 Å². The predicted octanol–water partition coefficient (Wildman–Crippen LogP) is 3.34. The summed E-state index contributed by atoms with van der Waals surface area (Å²) in [6.45, 7) is 4.17. The average Bonchev–Trinajstić information content (AvgIpc) is 2.38. The van der Waals surface area contributed by atoms with E-state index in [2.05, 4.69) is 43.6 Å². The number of hydrogen-bond donors (Lipinski definition) is 1. The molecule has 0 N–H and O–H groups in total. The Morgan fingerprint density at radius 1 is 1.44 bits per heavy atom. The standard InChI is InChI=1S/C15H22N2S/c1-3-5-15(12-18)11-17(2)10-14-7-4-6-13(8-14)9-16/h4,6-8,15,18H,3,5,10-12H2,1-2H3. The van der Waals surface area contributed by atoms with Gasteiger partial charge < -0.3 is 4.90 Å². The zero-order chi connectivity index (χ0) is 13.4. The summed E-state index contributed by atoms with van der Waals surface area (Å²) >= 11 is 4.41. The lowest BCUT2D eigenvalue weighted by Gasteiger charge is -2.22. The van der Waals surface area contributed by atoms with Gasteiger partial charge in [-0.05, 0) is 42.8 Å². The summed E-state index contributed by atoms with van der Waals surface area (Å²) in [6.07, 6.45) is 2.44. The highest BCUT2D eigenvalue weighted by Crippen LogP contribution is 2.12. The molecule has 0 aliphatic carbocycles. The molecule has 1 aromatic rings. The van der Waals surface area contributed by atoms with Crippen LogP contribution in [-0.4, -0.2) is 24.2 Å². The smallest absolute Gasteiger partial charge is 0.0991 e. The molecule has 0 saturated carbocycles. The van der Waals surface area contributed by atoms with Gasteiger partial charge >= 0.3 is 0 Å². The fourth-order valence-corrected chi connectivity index (χ4v) is 2.50. The van der Waals surface area contributed by atoms with Crippen LogP contribution in [0.1, 0.15) is 30.9 Å². The lowest BCUT2D eigenvalue weighted by Crippen LogP contribution is -2.26. The molecule has 18 heavy (non-hydrogen) atoms. The summed E-state index contributed by atoms with van der Waals surface area (Å²) in [5, 5.41) is 8.88. The molecule has 98 valence electrons. The van der Waals surface area contributed by atoms with E-state index in [9.17, 15) is 0 Å². The van der Waals surface area contributed by atoms with Crippen LogP contribution >= 0.6 is 12.6 Å². The van der Waals surface area contributed by atoms with Crippen LogP contribution in [0.25, 0.3) is 0 Å². The molecule has 3 heteroatoms. The summed E-state index contributed by atoms with van der Waals surface area (Å²) < 4.78 is 0. The highest BCUT2D eigenvalue weighted by Gasteiger charge is 2.09. The van der Waals surface area contributed by atoms with Gasteiger partial charge in [0.2, 0.25) is 0 Å². The van der Waals surface area contributed by atoms with Crippen molar-refractivity contribution in [2.45, 2.75) is 26.3 Å². The number of rotatable bonds is 7. The summed E-state index contributed by atoms with van der Waals surface area (Å²) in [5.74, 6) is 1.60. The highest BCUT2D eigenvalue weighted by atomic mass is 32.1. The largest absolute Gasteiger partial charge is 0.302 e. The number of benzene rings is 1. The summed E-state index contributed by atoms with van der Waals surface area (Å²) in [6, 6.07) is 10.0. The highest BCUT2D eigenvalue weighted by molar-refractivity contribution is 7.80. The second-order valence-electron chi connectivity index (χ2n) is 4.85. The SMILES string of the molecule is CCCC(CS)CN(C)Cc1cccc(C#N)c1. The number of hydrogen-bond acceptors (Lipinski definition) is 3. The van der Waals surface area contributed by atoms with Crippen LogP contribution in [-0.2, 0) is 6.54 Å². The van der Waals surface area contributed by atoms with E-state index >= 15 is 0 Å². The fraction of sp³-hybridized carbons (Fsp3) is 0.533. The van der Waals surface area contributed by atoms with Gasteiger partial charge in [-0.3, -0.25) is 0 Å². The first-order valence-electron chi connectivity index (χ1n) is 6.48. The molecule has 1 unspecified atom stereocenters. The zero-order valence-corrected chi connectivity index (χ0v) is 12.2. The lowest BCUT2D eigenvalue weighted by atomic mass is 10.1. The minimum absolute atomic E-state index is 0.655. The van der Waals surface area contributed by atoms with Crippen molar-refractivity contribution in [1.82, 2.24) is 4.90 Å². The van der Waals surface area contributed by atoms with E-state index in [4.69, 9.17) is 5.26 Å². The summed E-state index contributed by atoms with van der Waals surface area (Å²) in [5.41, 5.74) is 1.94. The van der Waals surface area contributed by atoms with Crippen LogP contribution in [0.4, 0.5) is 0 Å². The topological polar surface area (TPSA) is 27.0 Å². The van der Waals surface area contributed by atoms with Gasteiger partial charge in [0.1, 0.15) is 0 Å². The molecule has 0 spiro atoms. The summed E-state index contributed by atoms with van der Waals surface area (Å²) in [7, 11) is 2.13. The molecule has 0 amide bonds. The van der Waals surface area contributed by atoms with Crippen molar-refractivity contribution in [3.63, 3.8) is 0 Å². The molecular formula is C15H22N2S. The normalized spacial score (nSPS) is 12.4. The Kier molecular flexibility index (Phi) is 6.85. The van der Waals surface area contributed by atoms with Crippen LogP contribution in [0, 0.1) is 17.2 Å². The third kappa shape index (κ3) is 5.12. The Morgan fingerprint density at radius 2 is 2.22 bits per heavy atom. The molecule has 0 fully saturated rings. The van der Waals surface area contributed by atoms with E-state index < -0.39 is 0 Å². The van der Waals surface area contributed by atoms with Crippen LogP contribution in [0.15, 0.2) is 24.3 Å². The Balaban J connectivity index is 2.53. The van der Waals surface area contributed by atoms with Crippen molar-refractivity contribution < 1.29 is 0 Å². The molecule has 0 saturated heterocycles. The van der Waals surface area contributed by atoms with Gasteiger partial charge in [0, 0.05) is 13.1 Å². The van der Waals surface area contributed by atoms with Gasteiger partial charge in [-0.15, -0.1) is 0 Å². The molecule has 2 nitrogen and oxygen atoms in total. The molecule has 0 radical (unpaired) electrons. The van der Waals surface area contributed by atoms with E-state index in [-0.39, 0.29) is 0 Å². The fourth-order valence-electron chi connectivity index (χ4n) is 2.20. The number of thiol groups is 1. The average molecular weight is 262 g/mol. The maximum Gasteiger partial charge on any atom is 0.0991 e. The van der Waals surface area contributed by atoms with Gasteiger partial charge in [-0.25, -0.2) is 0 Å². The first-order chi connectivity index (χ1) is 8.69. The van der Waals surface area contributed by atoms with Crippen LogP contribution in [0.2, 0.25) is 0 Å². The first kappa shape index (κ1) is 15.1. The molecule has 1 rings (SSSR count). The second-order valence-corrected chi connectivity index (χ2v) is 5.21. The minimum Gasteiger partial charge on any atom is -0.302 e. The molecule has 1 aromatic carbocycles. The van der Waals surface area contributed by atoms with E-state index in [1.807, 2.05) is 18.2 Å². The Bertz CT molecular complexity index is 398. The maximum absolute atomic E-state index is 8.88. The maximum atomic E-state index is 8.88. The Labute approximate surface area is 116 Å². The number of nitriles is 1. The Morgan fingerprint density at radius 3 is 2.83 bits per heavy atom. The van der Waals surface area contributed by atoms with Gasteiger partial charge in [-0.2, -0.15) is 17.9 Å². The number of nitrogens with zero attached hydrogens (tertiary/aromatic N) is 2. The van der Waals surface area contributed by atoms with Crippen molar-refractivity contribution in [3.8, 4) is 6.07 Å². The molecule has 0 heterocycles. The molecular weight excluding hydrogens is 240 g/mol. The lowest BCUT2D eigenvalue weighted by molar-refractivity contribution is 0.273. The van der Waals surface area contributed by atoms with E-state index in [1.54, 1.807) is 0 Å². The zero-order valence-electron chi connectivity index (χ0n) is 11.3. The second kappa shape index (κ2) is 8.18. The van der Waals surface area contributed by atoms with Gasteiger partial charge in [-0.1, -0.05) is 25.5 Å². The van der Waals surface area contributed by atoms with Gasteiger partial charge in [0.05, 0.1) is 11.6 Å². The third-order valence-corrected chi connectivity index (χ3v) is 3.55. The van der Waals surface area contributed by atoms with E-state index in [1.165, 1.54) is 18.4 Å². The Hall–Kier alpha value is -0.980. The third-order valence-electron chi connectivity index (χ3n) is 3.03. The van der Waals surface area contributed by atoms with Gasteiger partial charge in [0.15, 0.2) is 0 Å².